The van der Waals surface area contributed by atoms with Crippen LogP contribution in [0.3, 0.4) is 0 Å². The summed E-state index contributed by atoms with van der Waals surface area (Å²) < 4.78 is 4.06. The van der Waals surface area contributed by atoms with Gasteiger partial charge in [-0.1, -0.05) is 0 Å². The molecule has 1 aliphatic heterocycles. The lowest BCUT2D eigenvalue weighted by atomic mass is 10.2. The maximum Gasteiger partial charge on any atom is 0.179 e. The van der Waals surface area contributed by atoms with Crippen LogP contribution >= 0.6 is 11.3 Å². The molecular weight excluding hydrogens is 320 g/mol. The van der Waals surface area contributed by atoms with Gasteiger partial charge < -0.3 is 10.2 Å². The third kappa shape index (κ3) is 2.92. The van der Waals surface area contributed by atoms with Crippen LogP contribution in [-0.2, 0) is 13.6 Å². The number of fused-ring (bicyclic) bond motifs is 1. The smallest absolute Gasteiger partial charge is 0.179 e. The van der Waals surface area contributed by atoms with Gasteiger partial charge in [0.25, 0.3) is 0 Å². The molecule has 0 bridgehead atoms. The number of aryl methyl sites for hydroxylation is 1. The van der Waals surface area contributed by atoms with Gasteiger partial charge in [0.05, 0.1) is 23.6 Å². The first-order chi connectivity index (χ1) is 11.7. The molecule has 1 fully saturated rings. The van der Waals surface area contributed by atoms with Crippen LogP contribution in [0.4, 0.5) is 0 Å². The summed E-state index contributed by atoms with van der Waals surface area (Å²) in [6.45, 7) is 4.47. The topological polar surface area (TPSA) is 60.8 Å². The zero-order valence-electron chi connectivity index (χ0n) is 13.7. The molecule has 1 aliphatic rings. The predicted octanol–water partition coefficient (Wildman–Crippen LogP) is 1.20. The molecule has 0 atom stereocenters. The van der Waals surface area contributed by atoms with E-state index < -0.39 is 0 Å². The molecule has 1 saturated heterocycles. The van der Waals surface area contributed by atoms with Crippen molar-refractivity contribution in [1.29, 1.82) is 5.41 Å². The summed E-state index contributed by atoms with van der Waals surface area (Å²) in [6.07, 6.45) is 6.03. The number of piperazine rings is 1. The molecule has 124 valence electrons. The molecule has 6 nitrogen and oxygen atoms in total. The summed E-state index contributed by atoms with van der Waals surface area (Å²) in [7, 11) is 2.02. The van der Waals surface area contributed by atoms with Crippen LogP contribution < -0.4 is 9.88 Å². The highest BCUT2D eigenvalue weighted by Gasteiger charge is 2.16. The summed E-state index contributed by atoms with van der Waals surface area (Å²) in [5.74, 6) is 0.636. The standard InChI is InChI=1S/C17H21N6S/c1-21-5-2-16-14(10-21)9-20-23(16)11-15-8-13(12-24-15)17(18)22-6-3-19-4-7-22/h2,5,8-10,12,18-19H,3-4,6-7,11H2,1H3/q+1. The van der Waals surface area contributed by atoms with Crippen LogP contribution in [0.5, 0.6) is 0 Å². The van der Waals surface area contributed by atoms with Gasteiger partial charge in [-0.05, 0) is 6.07 Å². The van der Waals surface area contributed by atoms with Crippen molar-refractivity contribution in [3.05, 3.63) is 46.5 Å². The van der Waals surface area contributed by atoms with Gasteiger partial charge in [0.2, 0.25) is 0 Å². The lowest BCUT2D eigenvalue weighted by molar-refractivity contribution is -0.670. The van der Waals surface area contributed by atoms with E-state index in [0.29, 0.717) is 5.84 Å². The zero-order valence-corrected chi connectivity index (χ0v) is 14.5. The van der Waals surface area contributed by atoms with E-state index in [1.807, 2.05) is 28.7 Å². The fourth-order valence-electron chi connectivity index (χ4n) is 3.07. The van der Waals surface area contributed by atoms with Crippen molar-refractivity contribution in [2.24, 2.45) is 7.05 Å². The Kier molecular flexibility index (Phi) is 4.03. The van der Waals surface area contributed by atoms with Gasteiger partial charge in [-0.25, -0.2) is 4.57 Å². The van der Waals surface area contributed by atoms with Crippen molar-refractivity contribution < 1.29 is 4.57 Å². The zero-order chi connectivity index (χ0) is 16.5. The number of thiophene rings is 1. The minimum absolute atomic E-state index is 0.636. The number of pyridine rings is 1. The summed E-state index contributed by atoms with van der Waals surface area (Å²) in [5.41, 5.74) is 2.15. The van der Waals surface area contributed by atoms with Crippen LogP contribution in [0, 0.1) is 5.41 Å². The van der Waals surface area contributed by atoms with Gasteiger partial charge in [0.1, 0.15) is 12.9 Å². The molecule has 7 heteroatoms. The van der Waals surface area contributed by atoms with E-state index in [9.17, 15) is 0 Å². The van der Waals surface area contributed by atoms with E-state index in [-0.39, 0.29) is 0 Å². The largest absolute Gasteiger partial charge is 0.354 e. The summed E-state index contributed by atoms with van der Waals surface area (Å²) in [5, 5.41) is 19.5. The highest BCUT2D eigenvalue weighted by Crippen LogP contribution is 2.20. The van der Waals surface area contributed by atoms with Gasteiger partial charge in [-0.15, -0.1) is 11.3 Å². The lowest BCUT2D eigenvalue weighted by Crippen LogP contribution is -2.46. The molecule has 2 N–H and O–H groups in total. The monoisotopic (exact) mass is 341 g/mol. The Hall–Kier alpha value is -2.25. The van der Waals surface area contributed by atoms with Crippen molar-refractivity contribution in [1.82, 2.24) is 20.0 Å². The molecule has 0 saturated carbocycles. The van der Waals surface area contributed by atoms with Gasteiger partial charge in [-0.2, -0.15) is 5.10 Å². The highest BCUT2D eigenvalue weighted by molar-refractivity contribution is 7.10. The fraction of sp³-hybridized carbons (Fsp3) is 0.353. The van der Waals surface area contributed by atoms with Gasteiger partial charge in [0, 0.05) is 48.1 Å². The normalized spacial score (nSPS) is 15.1. The van der Waals surface area contributed by atoms with Crippen molar-refractivity contribution in [3.63, 3.8) is 0 Å². The second kappa shape index (κ2) is 6.33. The average molecular weight is 341 g/mol. The SMILES string of the molecule is C[n+]1ccc2c(cnn2Cc2cc(C(=N)N3CCNCC3)cs2)c1. The summed E-state index contributed by atoms with van der Waals surface area (Å²) >= 11 is 1.70. The first-order valence-corrected chi connectivity index (χ1v) is 9.01. The second-order valence-corrected chi connectivity index (χ2v) is 7.14. The Morgan fingerprint density at radius 3 is 3.08 bits per heavy atom. The van der Waals surface area contributed by atoms with Gasteiger partial charge in [-0.3, -0.25) is 10.1 Å². The number of nitrogens with one attached hydrogen (secondary N) is 2. The van der Waals surface area contributed by atoms with Crippen LogP contribution in [0.2, 0.25) is 0 Å². The second-order valence-electron chi connectivity index (χ2n) is 6.14. The van der Waals surface area contributed by atoms with E-state index in [2.05, 4.69) is 39.0 Å². The van der Waals surface area contributed by atoms with Crippen LogP contribution in [0.15, 0.2) is 36.1 Å². The van der Waals surface area contributed by atoms with Crippen LogP contribution in [0.25, 0.3) is 10.9 Å². The molecule has 0 spiro atoms. The Balaban J connectivity index is 1.53. The minimum atomic E-state index is 0.636. The van der Waals surface area contributed by atoms with Crippen molar-refractivity contribution in [3.8, 4) is 0 Å². The number of hydrogen-bond donors (Lipinski definition) is 2. The molecule has 0 aliphatic carbocycles. The molecule has 0 unspecified atom stereocenters. The van der Waals surface area contributed by atoms with Crippen molar-refractivity contribution in [2.45, 2.75) is 6.54 Å². The predicted molar refractivity (Wildman–Crippen MR) is 95.6 cm³/mol. The molecule has 3 aromatic rings. The van der Waals surface area contributed by atoms with Gasteiger partial charge >= 0.3 is 0 Å². The van der Waals surface area contributed by atoms with E-state index in [1.165, 1.54) is 4.88 Å². The lowest BCUT2D eigenvalue weighted by Gasteiger charge is -2.29. The first-order valence-electron chi connectivity index (χ1n) is 8.13. The minimum Gasteiger partial charge on any atom is -0.354 e. The Morgan fingerprint density at radius 1 is 1.42 bits per heavy atom. The molecule has 0 radical (unpaired) electrons. The molecule has 4 heterocycles. The van der Waals surface area contributed by atoms with E-state index in [4.69, 9.17) is 5.41 Å². The molecule has 24 heavy (non-hydrogen) atoms. The number of amidine groups is 1. The molecule has 0 aromatic carbocycles. The third-order valence-corrected chi connectivity index (χ3v) is 5.31. The van der Waals surface area contributed by atoms with Crippen molar-refractivity contribution >= 4 is 28.1 Å². The molecule has 4 rings (SSSR count). The number of rotatable bonds is 3. The quantitative estimate of drug-likeness (QED) is 0.428. The van der Waals surface area contributed by atoms with Crippen LogP contribution in [-0.4, -0.2) is 46.7 Å². The molecular formula is C17H21N6S+. The summed E-state index contributed by atoms with van der Waals surface area (Å²) in [6, 6.07) is 4.23. The Labute approximate surface area is 144 Å². The van der Waals surface area contributed by atoms with Crippen LogP contribution in [0.1, 0.15) is 10.4 Å². The maximum absolute atomic E-state index is 8.42. The fourth-order valence-corrected chi connectivity index (χ4v) is 3.92. The van der Waals surface area contributed by atoms with Crippen molar-refractivity contribution in [2.75, 3.05) is 26.2 Å². The third-order valence-electron chi connectivity index (χ3n) is 4.39. The highest BCUT2D eigenvalue weighted by atomic mass is 32.1. The van der Waals surface area contributed by atoms with E-state index >= 15 is 0 Å². The maximum atomic E-state index is 8.42. The van der Waals surface area contributed by atoms with E-state index in [0.717, 1.165) is 49.2 Å². The number of hydrogen-bond acceptors (Lipinski definition) is 4. The molecule has 3 aromatic heterocycles. The summed E-state index contributed by atoms with van der Waals surface area (Å²) in [4.78, 5) is 3.37. The molecule has 0 amide bonds. The van der Waals surface area contributed by atoms with E-state index in [1.54, 1.807) is 11.3 Å². The number of nitrogens with zero attached hydrogens (tertiary/aromatic N) is 4. The van der Waals surface area contributed by atoms with Gasteiger partial charge in [0.15, 0.2) is 12.4 Å². The first kappa shape index (κ1) is 15.3. The Morgan fingerprint density at radius 2 is 2.25 bits per heavy atom. The number of aromatic nitrogens is 3. The average Bonchev–Trinajstić information content (AvgIpc) is 3.22. The Bertz CT molecular complexity index is 874.